The van der Waals surface area contributed by atoms with Crippen LogP contribution in [0.3, 0.4) is 0 Å². The van der Waals surface area contributed by atoms with Gasteiger partial charge in [0.05, 0.1) is 12.0 Å². The number of nitrogens with zero attached hydrogens (tertiary/aromatic N) is 1. The molecule has 0 aliphatic rings. The standard InChI is InChI=1S/C13H17N3O3S/c1-9(2)12-8-13(15-14-12)16-20(17,18)11-6-4-10(19-3)5-7-11/h4-9H,1-3H3,(H2,14,15,16). The van der Waals surface area contributed by atoms with E-state index in [0.717, 1.165) is 5.69 Å². The van der Waals surface area contributed by atoms with E-state index < -0.39 is 10.0 Å². The summed E-state index contributed by atoms with van der Waals surface area (Å²) in [6.07, 6.45) is 0. The minimum Gasteiger partial charge on any atom is -0.497 e. The van der Waals surface area contributed by atoms with E-state index in [9.17, 15) is 8.42 Å². The van der Waals surface area contributed by atoms with Crippen LogP contribution < -0.4 is 9.46 Å². The molecule has 1 aromatic carbocycles. The van der Waals surface area contributed by atoms with E-state index in [1.165, 1.54) is 19.2 Å². The topological polar surface area (TPSA) is 84.1 Å². The van der Waals surface area contributed by atoms with Gasteiger partial charge in [0, 0.05) is 11.8 Å². The second-order valence-electron chi connectivity index (χ2n) is 4.64. The molecule has 1 aromatic heterocycles. The number of methoxy groups -OCH3 is 1. The lowest BCUT2D eigenvalue weighted by Crippen LogP contribution is -2.13. The first-order valence-corrected chi connectivity index (χ1v) is 7.63. The number of nitrogens with one attached hydrogen (secondary N) is 2. The number of hydrogen-bond donors (Lipinski definition) is 2. The number of aromatic nitrogens is 2. The maximum atomic E-state index is 12.2. The van der Waals surface area contributed by atoms with Crippen molar-refractivity contribution in [1.29, 1.82) is 0 Å². The normalized spacial score (nSPS) is 11.6. The molecule has 0 unspecified atom stereocenters. The molecule has 0 atom stereocenters. The summed E-state index contributed by atoms with van der Waals surface area (Å²) in [5.74, 6) is 1.14. The van der Waals surface area contributed by atoms with Gasteiger partial charge in [-0.15, -0.1) is 0 Å². The van der Waals surface area contributed by atoms with Crippen LogP contribution in [0.25, 0.3) is 0 Å². The van der Waals surface area contributed by atoms with Crippen LogP contribution in [0, 0.1) is 0 Å². The smallest absolute Gasteiger partial charge is 0.263 e. The third kappa shape index (κ3) is 3.11. The lowest BCUT2D eigenvalue weighted by molar-refractivity contribution is 0.414. The second-order valence-corrected chi connectivity index (χ2v) is 6.33. The van der Waals surface area contributed by atoms with Crippen molar-refractivity contribution in [3.8, 4) is 5.75 Å². The van der Waals surface area contributed by atoms with Crippen molar-refractivity contribution in [2.24, 2.45) is 0 Å². The summed E-state index contributed by atoms with van der Waals surface area (Å²) < 4.78 is 31.8. The van der Waals surface area contributed by atoms with Crippen LogP contribution in [0.2, 0.25) is 0 Å². The number of sulfonamides is 1. The third-order valence-electron chi connectivity index (χ3n) is 2.83. The molecule has 20 heavy (non-hydrogen) atoms. The maximum Gasteiger partial charge on any atom is 0.263 e. The van der Waals surface area contributed by atoms with Gasteiger partial charge in [-0.2, -0.15) is 5.10 Å². The quantitative estimate of drug-likeness (QED) is 0.886. The van der Waals surface area contributed by atoms with Crippen LogP contribution in [-0.2, 0) is 10.0 Å². The largest absolute Gasteiger partial charge is 0.497 e. The SMILES string of the molecule is COc1ccc(S(=O)(=O)Nc2cc(C(C)C)[nH]n2)cc1. The van der Waals surface area contributed by atoms with Gasteiger partial charge in [-0.25, -0.2) is 8.42 Å². The summed E-state index contributed by atoms with van der Waals surface area (Å²) in [7, 11) is -2.11. The average Bonchev–Trinajstić information content (AvgIpc) is 2.87. The minimum atomic E-state index is -3.64. The first-order valence-electron chi connectivity index (χ1n) is 6.14. The van der Waals surface area contributed by atoms with Crippen LogP contribution >= 0.6 is 0 Å². The van der Waals surface area contributed by atoms with E-state index in [4.69, 9.17) is 4.74 Å². The fraction of sp³-hybridized carbons (Fsp3) is 0.308. The molecule has 1 heterocycles. The minimum absolute atomic E-state index is 0.160. The van der Waals surface area contributed by atoms with Crippen molar-refractivity contribution in [3.05, 3.63) is 36.0 Å². The third-order valence-corrected chi connectivity index (χ3v) is 4.20. The molecule has 0 aliphatic heterocycles. The first-order chi connectivity index (χ1) is 9.42. The maximum absolute atomic E-state index is 12.2. The van der Waals surface area contributed by atoms with Crippen molar-refractivity contribution >= 4 is 15.8 Å². The van der Waals surface area contributed by atoms with Crippen molar-refractivity contribution in [2.75, 3.05) is 11.8 Å². The highest BCUT2D eigenvalue weighted by atomic mass is 32.2. The van der Waals surface area contributed by atoms with Gasteiger partial charge in [0.1, 0.15) is 5.75 Å². The summed E-state index contributed by atoms with van der Waals surface area (Å²) in [6.45, 7) is 3.99. The van der Waals surface area contributed by atoms with E-state index in [1.54, 1.807) is 18.2 Å². The molecule has 6 nitrogen and oxygen atoms in total. The van der Waals surface area contributed by atoms with E-state index in [1.807, 2.05) is 13.8 Å². The van der Waals surface area contributed by atoms with Crippen molar-refractivity contribution in [2.45, 2.75) is 24.7 Å². The number of rotatable bonds is 5. The Balaban J connectivity index is 2.21. The number of hydrogen-bond acceptors (Lipinski definition) is 4. The summed E-state index contributed by atoms with van der Waals surface area (Å²) in [5, 5.41) is 6.74. The predicted octanol–water partition coefficient (Wildman–Crippen LogP) is 2.34. The molecule has 0 fully saturated rings. The van der Waals surface area contributed by atoms with Gasteiger partial charge in [0.15, 0.2) is 5.82 Å². The van der Waals surface area contributed by atoms with Crippen molar-refractivity contribution in [3.63, 3.8) is 0 Å². The number of aromatic amines is 1. The molecule has 0 amide bonds. The van der Waals surface area contributed by atoms with Crippen LogP contribution in [0.5, 0.6) is 5.75 Å². The van der Waals surface area contributed by atoms with Gasteiger partial charge >= 0.3 is 0 Å². The highest BCUT2D eigenvalue weighted by Gasteiger charge is 2.16. The lowest BCUT2D eigenvalue weighted by atomic mass is 10.1. The molecular formula is C13H17N3O3S. The van der Waals surface area contributed by atoms with E-state index >= 15 is 0 Å². The fourth-order valence-electron chi connectivity index (χ4n) is 1.64. The molecule has 0 aliphatic carbocycles. The predicted molar refractivity (Wildman–Crippen MR) is 76.5 cm³/mol. The average molecular weight is 295 g/mol. The lowest BCUT2D eigenvalue weighted by Gasteiger charge is -2.06. The molecule has 2 N–H and O–H groups in total. The Morgan fingerprint density at radius 2 is 1.90 bits per heavy atom. The van der Waals surface area contributed by atoms with E-state index in [-0.39, 0.29) is 16.6 Å². The Labute approximate surface area is 118 Å². The Bertz CT molecular complexity index is 675. The van der Waals surface area contributed by atoms with Crippen LogP contribution in [0.1, 0.15) is 25.5 Å². The number of ether oxygens (including phenoxy) is 1. The number of anilines is 1. The van der Waals surface area contributed by atoms with Gasteiger partial charge in [-0.3, -0.25) is 9.82 Å². The van der Waals surface area contributed by atoms with Gasteiger partial charge in [0.25, 0.3) is 10.0 Å². The molecule has 0 bridgehead atoms. The molecule has 7 heteroatoms. The molecular weight excluding hydrogens is 278 g/mol. The molecule has 108 valence electrons. The highest BCUT2D eigenvalue weighted by molar-refractivity contribution is 7.92. The zero-order valence-corrected chi connectivity index (χ0v) is 12.4. The highest BCUT2D eigenvalue weighted by Crippen LogP contribution is 2.20. The summed E-state index contributed by atoms with van der Waals surface area (Å²) in [5.41, 5.74) is 0.873. The molecule has 0 saturated heterocycles. The van der Waals surface area contributed by atoms with Crippen LogP contribution in [-0.4, -0.2) is 25.7 Å². The Kier molecular flexibility index (Phi) is 3.99. The molecule has 2 rings (SSSR count). The van der Waals surface area contributed by atoms with Crippen molar-refractivity contribution in [1.82, 2.24) is 10.2 Å². The Morgan fingerprint density at radius 3 is 2.40 bits per heavy atom. The van der Waals surface area contributed by atoms with Gasteiger partial charge in [-0.1, -0.05) is 13.8 Å². The Hall–Kier alpha value is -2.02. The first kappa shape index (κ1) is 14.4. The Morgan fingerprint density at radius 1 is 1.25 bits per heavy atom. The van der Waals surface area contributed by atoms with Crippen LogP contribution in [0.15, 0.2) is 35.2 Å². The molecule has 0 spiro atoms. The van der Waals surface area contributed by atoms with E-state index in [0.29, 0.717) is 5.75 Å². The van der Waals surface area contributed by atoms with Crippen LogP contribution in [0.4, 0.5) is 5.82 Å². The molecule has 0 radical (unpaired) electrons. The van der Waals surface area contributed by atoms with Crippen molar-refractivity contribution < 1.29 is 13.2 Å². The van der Waals surface area contributed by atoms with Gasteiger partial charge < -0.3 is 4.74 Å². The monoisotopic (exact) mass is 295 g/mol. The number of H-pyrrole nitrogens is 1. The van der Waals surface area contributed by atoms with E-state index in [2.05, 4.69) is 14.9 Å². The van der Waals surface area contributed by atoms with Gasteiger partial charge in [0.2, 0.25) is 0 Å². The summed E-state index contributed by atoms with van der Waals surface area (Å²) in [4.78, 5) is 0.160. The number of benzene rings is 1. The van der Waals surface area contributed by atoms with Gasteiger partial charge in [-0.05, 0) is 30.2 Å². The zero-order chi connectivity index (χ0) is 14.8. The molecule has 0 saturated carbocycles. The zero-order valence-electron chi connectivity index (χ0n) is 11.5. The fourth-order valence-corrected chi connectivity index (χ4v) is 2.63. The molecule has 2 aromatic rings. The summed E-state index contributed by atoms with van der Waals surface area (Å²) in [6, 6.07) is 7.84. The second kappa shape index (κ2) is 5.54. The summed E-state index contributed by atoms with van der Waals surface area (Å²) >= 11 is 0.